The zero-order valence-electron chi connectivity index (χ0n) is 78.8. The summed E-state index contributed by atoms with van der Waals surface area (Å²) in [6, 6.07) is 46.4. The van der Waals surface area contributed by atoms with Crippen molar-refractivity contribution in [1.82, 2.24) is 39.1 Å². The van der Waals surface area contributed by atoms with Gasteiger partial charge >= 0.3 is 36.8 Å². The number of nitriles is 4. The summed E-state index contributed by atoms with van der Waals surface area (Å²) in [6.45, 7) is 36.6. The first-order valence-corrected chi connectivity index (χ1v) is 42.4. The number of nitrogens with zero attached hydrogens (tertiary/aromatic N) is 12. The second kappa shape index (κ2) is 48.6. The summed E-state index contributed by atoms with van der Waals surface area (Å²) in [7, 11) is 9.57. The van der Waals surface area contributed by atoms with E-state index in [1.165, 1.54) is 32.7 Å². The quantitative estimate of drug-likeness (QED) is 0.0105. The Hall–Kier alpha value is -13.5. The molecule has 0 saturated carbocycles. The van der Waals surface area contributed by atoms with E-state index in [-0.39, 0.29) is 75.7 Å². The molecule has 4 aromatic heterocycles. The van der Waals surface area contributed by atoms with Crippen LogP contribution in [0.3, 0.4) is 0 Å². The minimum Gasteiger partial charge on any atom is -0.466 e. The Bertz CT molecular complexity index is 5310. The molecule has 35 heteroatoms. The van der Waals surface area contributed by atoms with Gasteiger partial charge in [-0.05, 0) is 124 Å². The first kappa shape index (κ1) is 107. The Labute approximate surface area is 762 Å². The van der Waals surface area contributed by atoms with Crippen molar-refractivity contribution < 1.29 is 103 Å². The number of esters is 1. The lowest BCUT2D eigenvalue weighted by atomic mass is 9.86. The Morgan fingerprint density at radius 3 is 0.815 bits per heavy atom. The summed E-state index contributed by atoms with van der Waals surface area (Å²) in [5.41, 5.74) is 12.9. The average Bonchev–Trinajstić information content (AvgIpc) is 1.52. The van der Waals surface area contributed by atoms with Crippen LogP contribution in [0.25, 0.3) is 45.3 Å². The molecule has 0 N–H and O–H groups in total. The number of benzene rings is 4. The van der Waals surface area contributed by atoms with Gasteiger partial charge in [-0.1, -0.05) is 180 Å². The van der Waals surface area contributed by atoms with Gasteiger partial charge < -0.3 is 66.3 Å². The first-order chi connectivity index (χ1) is 60.8. The van der Waals surface area contributed by atoms with Gasteiger partial charge in [-0.3, -0.25) is 18.7 Å². The molecule has 698 valence electrons. The van der Waals surface area contributed by atoms with Crippen LogP contribution in [0, 0.1) is 73.0 Å². The Kier molecular flexibility index (Phi) is 40.0. The van der Waals surface area contributed by atoms with Gasteiger partial charge in [0.2, 0.25) is 25.2 Å². The molecule has 0 aliphatic rings. The number of allylic oxidation sites excluding steroid dienone is 4. The zero-order valence-corrected chi connectivity index (χ0v) is 79.6. The molecule has 31 nitrogen and oxygen atoms in total. The Morgan fingerprint density at radius 2 is 0.615 bits per heavy atom. The molecule has 130 heavy (non-hydrogen) atoms. The van der Waals surface area contributed by atoms with Gasteiger partial charge in [0, 0.05) is 68.7 Å². The fraction of sp³-hybridized carbons (Fsp3) is 0.442. The normalized spacial score (nSPS) is 13.1. The van der Waals surface area contributed by atoms with Gasteiger partial charge in [0.05, 0.1) is 36.5 Å². The van der Waals surface area contributed by atoms with Gasteiger partial charge in [-0.2, -0.15) is 66.4 Å². The zero-order chi connectivity index (χ0) is 97.5. The average molecular weight is 1820 g/mol. The van der Waals surface area contributed by atoms with Crippen LogP contribution < -0.4 is 0 Å². The van der Waals surface area contributed by atoms with Crippen LogP contribution in [0.5, 0.6) is 0 Å². The molecule has 8 rings (SSSR count). The largest absolute Gasteiger partial charge is 0.511 e. The smallest absolute Gasteiger partial charge is 0.466 e. The number of methoxy groups -OCH3 is 2. The van der Waals surface area contributed by atoms with Crippen molar-refractivity contribution in [2.24, 2.45) is 28.2 Å². The monoisotopic (exact) mass is 1820 g/mol. The lowest BCUT2D eigenvalue weighted by Gasteiger charge is -2.21. The standard InChI is InChI=1S/C24H29N3O6.C24H31N3O5.C24H31N3O4S.C23H26F3N3O4/c1-15-12-20(27(6)26-15)22(32-16(2)33-23(29)31-14-21(28)30-7)19(13-25)17-8-10-18(11-9-17)24(3,4)5;1-16-14-21(27(6)26-16)22(31-17(2)32-23(28)30-13-12-29-7)20(15-25)18-8-10-19(11-9-18)24(3,4)5;1-16-14-21(27(6)26-16)22(30-17(2)31-23(28)29-12-13-32-7)20(15-25)18-8-10-19(11-9-18)24(3,4)5;1-14-11-19(29(6)28-14)20(32-15(2)33-21(30)31-13-23(24,25)26)18(12-27)16-7-9-17(10-8-16)22(3,4)5/h8-12,16H,14H2,1-7H3;2*8-11,14,17H,12-13H2,1-7H3;7-11,15H,13H2,1-6H3/b22-19-;2*22-20-;20-18-. The van der Waals surface area contributed by atoms with Crippen molar-refractivity contribution in [3.8, 4) is 24.3 Å². The van der Waals surface area contributed by atoms with E-state index in [0.717, 1.165) is 39.3 Å². The van der Waals surface area contributed by atoms with Crippen LogP contribution in [0.2, 0.25) is 0 Å². The highest BCUT2D eigenvalue weighted by Crippen LogP contribution is 2.37. The van der Waals surface area contributed by atoms with Crippen molar-refractivity contribution in [3.05, 3.63) is 211 Å². The van der Waals surface area contributed by atoms with E-state index < -0.39 is 75.1 Å². The molecule has 4 atom stereocenters. The number of ether oxygens (including phenoxy) is 14. The molecule has 0 saturated heterocycles. The van der Waals surface area contributed by atoms with E-state index in [9.17, 15) is 58.2 Å². The third-order valence-electron chi connectivity index (χ3n) is 18.5. The fourth-order valence-corrected chi connectivity index (χ4v) is 12.2. The maximum atomic E-state index is 12.3. The summed E-state index contributed by atoms with van der Waals surface area (Å²) in [6.07, 6.45) is -11.6. The minimum absolute atomic E-state index is 0.00741. The van der Waals surface area contributed by atoms with E-state index in [1.54, 1.807) is 105 Å². The third kappa shape index (κ3) is 33.6. The Morgan fingerprint density at radius 1 is 0.377 bits per heavy atom. The molecule has 0 amide bonds. The highest BCUT2D eigenvalue weighted by molar-refractivity contribution is 7.98. The minimum atomic E-state index is -4.69. The van der Waals surface area contributed by atoms with Crippen LogP contribution in [0.4, 0.5) is 32.3 Å². The predicted molar refractivity (Wildman–Crippen MR) is 482 cm³/mol. The van der Waals surface area contributed by atoms with Crippen LogP contribution in [-0.2, 0) is 121 Å². The molecule has 0 aliphatic heterocycles. The molecule has 0 fully saturated rings. The molecule has 0 bridgehead atoms. The van der Waals surface area contributed by atoms with E-state index in [1.807, 2.05) is 118 Å². The van der Waals surface area contributed by atoms with Crippen LogP contribution in [-0.4, -0.2) is 160 Å². The van der Waals surface area contributed by atoms with E-state index in [2.05, 4.69) is 142 Å². The number of hydrogen-bond acceptors (Lipinski definition) is 28. The first-order valence-electron chi connectivity index (χ1n) is 41.0. The summed E-state index contributed by atoms with van der Waals surface area (Å²) >= 11 is 1.56. The second-order valence-electron chi connectivity index (χ2n) is 33.4. The second-order valence-corrected chi connectivity index (χ2v) is 34.4. The number of thioether (sulfide) groups is 1. The van der Waals surface area contributed by atoms with Gasteiger partial charge in [-0.25, -0.2) is 24.0 Å². The van der Waals surface area contributed by atoms with Crippen molar-refractivity contribution in [2.75, 3.05) is 59.3 Å². The lowest BCUT2D eigenvalue weighted by Crippen LogP contribution is -2.24. The molecule has 0 radical (unpaired) electrons. The van der Waals surface area contributed by atoms with Gasteiger partial charge in [0.15, 0.2) is 36.3 Å². The third-order valence-corrected chi connectivity index (χ3v) is 19.1. The van der Waals surface area contributed by atoms with Crippen molar-refractivity contribution in [3.63, 3.8) is 0 Å². The van der Waals surface area contributed by atoms with Crippen molar-refractivity contribution in [1.29, 1.82) is 21.0 Å². The number of carbonyl (C=O) groups is 5. The van der Waals surface area contributed by atoms with Gasteiger partial charge in [0.1, 0.15) is 82.6 Å². The molecule has 0 spiro atoms. The summed E-state index contributed by atoms with van der Waals surface area (Å²) in [5, 5.41) is 57.3. The summed E-state index contributed by atoms with van der Waals surface area (Å²) in [5.74, 6) is 0.738. The number of carbonyl (C=O) groups excluding carboxylic acids is 5. The molecule has 4 heterocycles. The van der Waals surface area contributed by atoms with Crippen LogP contribution >= 0.6 is 11.8 Å². The van der Waals surface area contributed by atoms with Crippen LogP contribution in [0.1, 0.15) is 201 Å². The van der Waals surface area contributed by atoms with Crippen LogP contribution in [0.15, 0.2) is 121 Å². The van der Waals surface area contributed by atoms with Gasteiger partial charge in [-0.15, -0.1) is 0 Å². The summed E-state index contributed by atoms with van der Waals surface area (Å²) in [4.78, 5) is 58.4. The predicted octanol–water partition coefficient (Wildman–Crippen LogP) is 19.5. The fourth-order valence-electron chi connectivity index (χ4n) is 12.0. The maximum Gasteiger partial charge on any atom is 0.511 e. The summed E-state index contributed by atoms with van der Waals surface area (Å²) < 4.78 is 115. The Balaban J connectivity index is 0.000000307. The number of aromatic nitrogens is 8. The molecule has 4 aromatic carbocycles. The number of halogens is 3. The molecule has 0 aliphatic carbocycles. The van der Waals surface area contributed by atoms with E-state index in [4.69, 9.17) is 52.1 Å². The molecular weight excluding hydrogens is 1700 g/mol. The van der Waals surface area contributed by atoms with Crippen molar-refractivity contribution >= 4 is 87.7 Å². The number of hydrogen-bond donors (Lipinski definition) is 0. The lowest BCUT2D eigenvalue weighted by molar-refractivity contribution is -0.171. The van der Waals surface area contributed by atoms with Crippen molar-refractivity contribution in [2.45, 2.75) is 191 Å². The topological polar surface area (TPSA) is 381 Å². The van der Waals surface area contributed by atoms with Gasteiger partial charge in [0.25, 0.3) is 0 Å². The van der Waals surface area contributed by atoms with E-state index in [0.29, 0.717) is 67.6 Å². The number of alkyl halides is 3. The highest BCUT2D eigenvalue weighted by atomic mass is 32.2. The molecule has 4 unspecified atom stereocenters. The molecule has 8 aromatic rings. The van der Waals surface area contributed by atoms with E-state index >= 15 is 0 Å². The maximum absolute atomic E-state index is 12.3. The highest BCUT2D eigenvalue weighted by Gasteiger charge is 2.33. The SMILES string of the molecule is COC(=O)COC(=O)OC(C)O/C(=C(/C#N)c1ccc(C(C)(C)C)cc1)c1cc(C)nn1C.COCCOC(=O)OC(C)O/C(=C(/C#N)c1ccc(C(C)(C)C)cc1)c1cc(C)nn1C.CSCCOC(=O)OC(C)O/C(=C(/C#N)c1ccc(C(C)(C)C)cc1)c1cc(C)nn1C.Cc1cc(/C(OC(C)OC(=O)OCC(F)(F)F)=C(\C#N)c2ccc(C(C)(C)C)cc2)n(C)n1. The number of aryl methyl sites for hydroxylation is 8. The number of rotatable bonds is 29. The molecular formula is C95H117F3N12O19S.